The fourth-order valence-corrected chi connectivity index (χ4v) is 2.82. The number of ether oxygens (including phenoxy) is 1. The number of carbonyl (C=O) groups is 1. The van der Waals surface area contributed by atoms with Gasteiger partial charge in [-0.2, -0.15) is 0 Å². The summed E-state index contributed by atoms with van der Waals surface area (Å²) in [7, 11) is 0. The van der Waals surface area contributed by atoms with Crippen LogP contribution in [0.1, 0.15) is 41.0 Å². The summed E-state index contributed by atoms with van der Waals surface area (Å²) in [5, 5.41) is 8.21. The number of hydrogen-bond acceptors (Lipinski definition) is 4. The van der Waals surface area contributed by atoms with E-state index in [2.05, 4.69) is 10.3 Å². The molecule has 2 aromatic rings. The Balaban J connectivity index is 1.65. The zero-order valence-electron chi connectivity index (χ0n) is 13.9. The number of benzene rings is 1. The molecule has 128 valence electrons. The number of likely N-dealkylation sites (tertiary alicyclic amines) is 1. The van der Waals surface area contributed by atoms with Gasteiger partial charge in [-0.3, -0.25) is 4.79 Å². The molecule has 24 heavy (non-hydrogen) atoms. The number of carbonyl (C=O) groups excluding carboxylic acids is 1. The van der Waals surface area contributed by atoms with E-state index in [1.54, 1.807) is 28.6 Å². The molecule has 3 rings (SSSR count). The number of aryl methyl sites for hydroxylation is 1. The number of rotatable bonds is 5. The Kier molecular flexibility index (Phi) is 4.89. The number of aromatic nitrogens is 3. The maximum atomic E-state index is 13.7. The topological polar surface area (TPSA) is 60.2 Å². The predicted molar refractivity (Wildman–Crippen MR) is 86.0 cm³/mol. The normalized spacial score (nSPS) is 17.5. The standard InChI is InChI=1S/C17H21FN4O2/c1-3-24-11-14-9-22(20-19-14)15-6-7-21(10-15)17(23)13-5-4-12(2)16(18)8-13/h4-5,8-9,15H,3,6-7,10-11H2,1-2H3. The van der Waals surface area contributed by atoms with Crippen LogP contribution >= 0.6 is 0 Å². The van der Waals surface area contributed by atoms with E-state index in [4.69, 9.17) is 4.74 Å². The minimum Gasteiger partial charge on any atom is -0.375 e. The highest BCUT2D eigenvalue weighted by molar-refractivity contribution is 5.94. The summed E-state index contributed by atoms with van der Waals surface area (Å²) in [5.41, 5.74) is 1.70. The van der Waals surface area contributed by atoms with Gasteiger partial charge in [0.1, 0.15) is 11.5 Å². The van der Waals surface area contributed by atoms with Gasteiger partial charge in [0.2, 0.25) is 0 Å². The van der Waals surface area contributed by atoms with Gasteiger partial charge in [0.25, 0.3) is 5.91 Å². The van der Waals surface area contributed by atoms with Crippen LogP contribution in [-0.4, -0.2) is 45.5 Å². The van der Waals surface area contributed by atoms with E-state index in [1.807, 2.05) is 13.1 Å². The van der Waals surface area contributed by atoms with Crippen molar-refractivity contribution in [1.82, 2.24) is 19.9 Å². The van der Waals surface area contributed by atoms with Crippen molar-refractivity contribution in [2.75, 3.05) is 19.7 Å². The van der Waals surface area contributed by atoms with Crippen molar-refractivity contribution in [3.63, 3.8) is 0 Å². The zero-order valence-corrected chi connectivity index (χ0v) is 13.9. The molecule has 0 N–H and O–H groups in total. The van der Waals surface area contributed by atoms with Gasteiger partial charge in [-0.05, 0) is 38.0 Å². The van der Waals surface area contributed by atoms with E-state index >= 15 is 0 Å². The Bertz CT molecular complexity index is 731. The first-order valence-electron chi connectivity index (χ1n) is 8.12. The second kappa shape index (κ2) is 7.09. The number of hydrogen-bond donors (Lipinski definition) is 0. The van der Waals surface area contributed by atoms with Crippen LogP contribution in [0.15, 0.2) is 24.4 Å². The summed E-state index contributed by atoms with van der Waals surface area (Å²) in [4.78, 5) is 14.3. The lowest BCUT2D eigenvalue weighted by atomic mass is 10.1. The van der Waals surface area contributed by atoms with Crippen LogP contribution in [0.25, 0.3) is 0 Å². The molecular weight excluding hydrogens is 311 g/mol. The van der Waals surface area contributed by atoms with E-state index in [-0.39, 0.29) is 17.8 Å². The molecule has 1 atom stereocenters. The quantitative estimate of drug-likeness (QED) is 0.843. The molecule has 1 aromatic heterocycles. The van der Waals surface area contributed by atoms with Crippen molar-refractivity contribution >= 4 is 5.91 Å². The molecule has 1 saturated heterocycles. The fraction of sp³-hybridized carbons (Fsp3) is 0.471. The van der Waals surface area contributed by atoms with Crippen LogP contribution in [0.3, 0.4) is 0 Å². The molecule has 0 spiro atoms. The number of nitrogens with zero attached hydrogens (tertiary/aromatic N) is 4. The highest BCUT2D eigenvalue weighted by atomic mass is 19.1. The molecule has 0 radical (unpaired) electrons. The van der Waals surface area contributed by atoms with Crippen molar-refractivity contribution in [1.29, 1.82) is 0 Å². The van der Waals surface area contributed by atoms with Crippen molar-refractivity contribution < 1.29 is 13.9 Å². The second-order valence-corrected chi connectivity index (χ2v) is 5.98. The van der Waals surface area contributed by atoms with E-state index in [0.717, 1.165) is 12.1 Å². The monoisotopic (exact) mass is 332 g/mol. The summed E-state index contributed by atoms with van der Waals surface area (Å²) in [6.45, 7) is 5.85. The van der Waals surface area contributed by atoms with E-state index < -0.39 is 0 Å². The average molecular weight is 332 g/mol. The highest BCUT2D eigenvalue weighted by Gasteiger charge is 2.29. The molecule has 6 nitrogen and oxygen atoms in total. The number of amides is 1. The SMILES string of the molecule is CCOCc1cn(C2CCN(C(=O)c3ccc(C)c(F)c3)C2)nn1. The molecular formula is C17H21FN4O2. The van der Waals surface area contributed by atoms with Gasteiger partial charge in [0.05, 0.1) is 18.8 Å². The van der Waals surface area contributed by atoms with E-state index in [9.17, 15) is 9.18 Å². The largest absolute Gasteiger partial charge is 0.375 e. The lowest BCUT2D eigenvalue weighted by Crippen LogP contribution is -2.29. The Hall–Kier alpha value is -2.28. The summed E-state index contributed by atoms with van der Waals surface area (Å²) in [5.74, 6) is -0.500. The van der Waals surface area contributed by atoms with Crippen molar-refractivity contribution in [3.8, 4) is 0 Å². The summed E-state index contributed by atoms with van der Waals surface area (Å²) < 4.78 is 20.8. The van der Waals surface area contributed by atoms with Gasteiger partial charge < -0.3 is 9.64 Å². The molecule has 7 heteroatoms. The lowest BCUT2D eigenvalue weighted by molar-refractivity contribution is 0.0786. The van der Waals surface area contributed by atoms with Gasteiger partial charge in [-0.1, -0.05) is 11.3 Å². The molecule has 0 bridgehead atoms. The molecule has 1 unspecified atom stereocenters. The molecule has 1 aliphatic rings. The maximum Gasteiger partial charge on any atom is 0.254 e. The fourth-order valence-electron chi connectivity index (χ4n) is 2.82. The van der Waals surface area contributed by atoms with Crippen molar-refractivity contribution in [2.24, 2.45) is 0 Å². The highest BCUT2D eigenvalue weighted by Crippen LogP contribution is 2.23. The summed E-state index contributed by atoms with van der Waals surface area (Å²) in [6.07, 6.45) is 2.66. The molecule has 0 aliphatic carbocycles. The van der Waals surface area contributed by atoms with E-state index in [1.165, 1.54) is 6.07 Å². The van der Waals surface area contributed by atoms with Gasteiger partial charge in [-0.15, -0.1) is 5.10 Å². The maximum absolute atomic E-state index is 13.7. The first-order valence-corrected chi connectivity index (χ1v) is 8.12. The average Bonchev–Trinajstić information content (AvgIpc) is 3.23. The predicted octanol–water partition coefficient (Wildman–Crippen LogP) is 2.35. The lowest BCUT2D eigenvalue weighted by Gasteiger charge is -2.16. The summed E-state index contributed by atoms with van der Waals surface area (Å²) in [6, 6.07) is 4.70. The second-order valence-electron chi connectivity index (χ2n) is 5.98. The minimum absolute atomic E-state index is 0.0899. The molecule has 0 saturated carbocycles. The van der Waals surface area contributed by atoms with Crippen LogP contribution in [0.5, 0.6) is 0 Å². The van der Waals surface area contributed by atoms with Crippen LogP contribution in [0.4, 0.5) is 4.39 Å². The Morgan fingerprint density at radius 2 is 2.29 bits per heavy atom. The van der Waals surface area contributed by atoms with Crippen LogP contribution in [-0.2, 0) is 11.3 Å². The first kappa shape index (κ1) is 16.6. The smallest absolute Gasteiger partial charge is 0.254 e. The summed E-state index contributed by atoms with van der Waals surface area (Å²) >= 11 is 0. The van der Waals surface area contributed by atoms with Crippen LogP contribution in [0.2, 0.25) is 0 Å². The Labute approximate surface area is 140 Å². The van der Waals surface area contributed by atoms with Crippen molar-refractivity contribution in [2.45, 2.75) is 32.9 Å². The van der Waals surface area contributed by atoms with Gasteiger partial charge in [0.15, 0.2) is 0 Å². The molecule has 1 fully saturated rings. The van der Waals surface area contributed by atoms with Crippen molar-refractivity contribution in [3.05, 3.63) is 47.0 Å². The Morgan fingerprint density at radius 1 is 1.46 bits per heavy atom. The van der Waals surface area contributed by atoms with E-state index in [0.29, 0.717) is 37.4 Å². The first-order chi connectivity index (χ1) is 11.6. The minimum atomic E-state index is -0.353. The molecule has 1 amide bonds. The molecule has 1 aliphatic heterocycles. The Morgan fingerprint density at radius 3 is 3.04 bits per heavy atom. The van der Waals surface area contributed by atoms with Gasteiger partial charge >= 0.3 is 0 Å². The molecule has 1 aromatic carbocycles. The zero-order chi connectivity index (χ0) is 17.1. The third kappa shape index (κ3) is 3.46. The van der Waals surface area contributed by atoms with Crippen LogP contribution in [0, 0.1) is 12.7 Å². The third-order valence-electron chi connectivity index (χ3n) is 4.26. The van der Waals surface area contributed by atoms with Gasteiger partial charge in [-0.25, -0.2) is 9.07 Å². The van der Waals surface area contributed by atoms with Crippen LogP contribution < -0.4 is 0 Å². The third-order valence-corrected chi connectivity index (χ3v) is 4.26. The van der Waals surface area contributed by atoms with Gasteiger partial charge in [0, 0.05) is 25.3 Å². The number of halogens is 1. The molecule has 2 heterocycles.